The van der Waals surface area contributed by atoms with Gasteiger partial charge in [0.25, 0.3) is 5.91 Å². The standard InChI is InChI=1S/C24H22N4O5/c1-16-5-4-6-19(13-16)24(30)33-22-12-7-17(14-21(22)28(31)32)15-25-26-23(29)18-8-10-20(11-9-18)27(2)3/h4-15H,1-3H3,(H,26,29)/b25-15+. The molecule has 0 fully saturated rings. The molecule has 0 radical (unpaired) electrons. The maximum atomic E-state index is 12.3. The molecule has 0 aliphatic heterocycles. The Bertz CT molecular complexity index is 1220. The van der Waals surface area contributed by atoms with Gasteiger partial charge in [-0.3, -0.25) is 14.9 Å². The van der Waals surface area contributed by atoms with Crippen molar-refractivity contribution in [3.8, 4) is 5.75 Å². The van der Waals surface area contributed by atoms with Gasteiger partial charge in [0.2, 0.25) is 5.75 Å². The van der Waals surface area contributed by atoms with Crippen LogP contribution in [0.4, 0.5) is 11.4 Å². The zero-order valence-electron chi connectivity index (χ0n) is 18.3. The van der Waals surface area contributed by atoms with Gasteiger partial charge in [0, 0.05) is 37.0 Å². The van der Waals surface area contributed by atoms with Crippen molar-refractivity contribution in [2.75, 3.05) is 19.0 Å². The van der Waals surface area contributed by atoms with Gasteiger partial charge in [-0.2, -0.15) is 5.10 Å². The number of nitrogens with zero attached hydrogens (tertiary/aromatic N) is 3. The molecule has 0 saturated carbocycles. The van der Waals surface area contributed by atoms with Crippen LogP contribution in [-0.4, -0.2) is 37.1 Å². The zero-order valence-corrected chi connectivity index (χ0v) is 18.3. The van der Waals surface area contributed by atoms with E-state index in [0.717, 1.165) is 11.3 Å². The van der Waals surface area contributed by atoms with E-state index in [1.165, 1.54) is 24.4 Å². The van der Waals surface area contributed by atoms with Crippen molar-refractivity contribution >= 4 is 29.5 Å². The number of rotatable bonds is 7. The number of anilines is 1. The molecule has 1 N–H and O–H groups in total. The number of carbonyl (C=O) groups excluding carboxylic acids is 2. The number of aryl methyl sites for hydroxylation is 1. The normalized spacial score (nSPS) is 10.6. The molecule has 0 unspecified atom stereocenters. The highest BCUT2D eigenvalue weighted by atomic mass is 16.6. The first-order valence-corrected chi connectivity index (χ1v) is 9.92. The fraction of sp³-hybridized carbons (Fsp3) is 0.125. The van der Waals surface area contributed by atoms with Gasteiger partial charge < -0.3 is 9.64 Å². The summed E-state index contributed by atoms with van der Waals surface area (Å²) in [5.41, 5.74) is 4.85. The van der Waals surface area contributed by atoms with E-state index >= 15 is 0 Å². The second-order valence-corrected chi connectivity index (χ2v) is 7.38. The second kappa shape index (κ2) is 10.2. The largest absolute Gasteiger partial charge is 0.416 e. The summed E-state index contributed by atoms with van der Waals surface area (Å²) in [6, 6.07) is 17.7. The van der Waals surface area contributed by atoms with Gasteiger partial charge in [0.1, 0.15) is 0 Å². The number of benzene rings is 3. The number of carbonyl (C=O) groups is 2. The van der Waals surface area contributed by atoms with Gasteiger partial charge in [-0.15, -0.1) is 0 Å². The lowest BCUT2D eigenvalue weighted by molar-refractivity contribution is -0.385. The quantitative estimate of drug-likeness (QED) is 0.193. The molecule has 0 saturated heterocycles. The van der Waals surface area contributed by atoms with E-state index in [9.17, 15) is 19.7 Å². The number of amides is 1. The molecule has 3 aromatic carbocycles. The molecule has 168 valence electrons. The average Bonchev–Trinajstić information content (AvgIpc) is 2.79. The summed E-state index contributed by atoms with van der Waals surface area (Å²) >= 11 is 0. The molecule has 1 amide bonds. The molecule has 33 heavy (non-hydrogen) atoms. The number of hydrogen-bond acceptors (Lipinski definition) is 7. The molecule has 9 heteroatoms. The Balaban J connectivity index is 1.70. The van der Waals surface area contributed by atoms with E-state index in [2.05, 4.69) is 10.5 Å². The lowest BCUT2D eigenvalue weighted by atomic mass is 10.1. The summed E-state index contributed by atoms with van der Waals surface area (Å²) in [5.74, 6) is -1.31. The summed E-state index contributed by atoms with van der Waals surface area (Å²) in [6.07, 6.45) is 1.27. The first-order chi connectivity index (χ1) is 15.7. The van der Waals surface area contributed by atoms with Crippen molar-refractivity contribution in [1.82, 2.24) is 5.43 Å². The summed E-state index contributed by atoms with van der Waals surface area (Å²) in [5, 5.41) is 15.3. The van der Waals surface area contributed by atoms with Crippen LogP contribution in [0.5, 0.6) is 5.75 Å². The first-order valence-electron chi connectivity index (χ1n) is 9.92. The second-order valence-electron chi connectivity index (χ2n) is 7.38. The fourth-order valence-corrected chi connectivity index (χ4v) is 2.92. The number of hydrogen-bond donors (Lipinski definition) is 1. The molecule has 0 heterocycles. The number of nitro groups is 1. The van der Waals surface area contributed by atoms with Gasteiger partial charge in [-0.1, -0.05) is 17.7 Å². The predicted molar refractivity (Wildman–Crippen MR) is 125 cm³/mol. The molecule has 0 atom stereocenters. The molecular weight excluding hydrogens is 424 g/mol. The van der Waals surface area contributed by atoms with Gasteiger partial charge in [0.15, 0.2) is 0 Å². The molecule has 3 rings (SSSR count). The van der Waals surface area contributed by atoms with E-state index in [1.54, 1.807) is 42.5 Å². The molecule has 0 aromatic heterocycles. The Labute approximate surface area is 190 Å². The third-order valence-electron chi connectivity index (χ3n) is 4.66. The molecule has 0 aliphatic rings. The van der Waals surface area contributed by atoms with Crippen molar-refractivity contribution in [2.45, 2.75) is 6.92 Å². The summed E-state index contributed by atoms with van der Waals surface area (Å²) in [4.78, 5) is 37.3. The number of ether oxygens (including phenoxy) is 1. The van der Waals surface area contributed by atoms with Crippen LogP contribution in [-0.2, 0) is 0 Å². The van der Waals surface area contributed by atoms with Crippen molar-refractivity contribution < 1.29 is 19.2 Å². The molecule has 0 spiro atoms. The van der Waals surface area contributed by atoms with E-state index < -0.39 is 22.5 Å². The van der Waals surface area contributed by atoms with Crippen LogP contribution in [0.15, 0.2) is 71.8 Å². The number of nitrogens with one attached hydrogen (secondary N) is 1. The topological polar surface area (TPSA) is 114 Å². The van der Waals surface area contributed by atoms with Crippen molar-refractivity contribution in [2.24, 2.45) is 5.10 Å². The Kier molecular flexibility index (Phi) is 7.14. The summed E-state index contributed by atoms with van der Waals surface area (Å²) in [7, 11) is 3.79. The third-order valence-corrected chi connectivity index (χ3v) is 4.66. The van der Waals surface area contributed by atoms with Crippen LogP contribution in [0.1, 0.15) is 31.8 Å². The third kappa shape index (κ3) is 6.01. The zero-order chi connectivity index (χ0) is 24.0. The van der Waals surface area contributed by atoms with E-state index in [1.807, 2.05) is 32.0 Å². The first kappa shape index (κ1) is 23.1. The van der Waals surface area contributed by atoms with E-state index in [-0.39, 0.29) is 11.3 Å². The van der Waals surface area contributed by atoms with E-state index in [0.29, 0.717) is 11.1 Å². The number of esters is 1. The Morgan fingerprint density at radius 2 is 1.76 bits per heavy atom. The predicted octanol–water partition coefficient (Wildman–Crippen LogP) is 3.95. The highest BCUT2D eigenvalue weighted by molar-refractivity contribution is 5.95. The smallest absolute Gasteiger partial charge is 0.343 e. The van der Waals surface area contributed by atoms with Crippen LogP contribution in [0.2, 0.25) is 0 Å². The summed E-state index contributed by atoms with van der Waals surface area (Å²) in [6.45, 7) is 1.82. The minimum atomic E-state index is -0.698. The maximum Gasteiger partial charge on any atom is 0.343 e. The monoisotopic (exact) mass is 446 g/mol. The van der Waals surface area contributed by atoms with Crippen LogP contribution in [0.3, 0.4) is 0 Å². The molecule has 0 bridgehead atoms. The SMILES string of the molecule is Cc1cccc(C(=O)Oc2ccc(/C=N/NC(=O)c3ccc(N(C)C)cc3)cc2[N+](=O)[O-])c1. The Morgan fingerprint density at radius 1 is 1.03 bits per heavy atom. The minimum Gasteiger partial charge on any atom is -0.416 e. The van der Waals surface area contributed by atoms with Crippen molar-refractivity contribution in [3.05, 3.63) is 99.1 Å². The van der Waals surface area contributed by atoms with Crippen molar-refractivity contribution in [3.63, 3.8) is 0 Å². The molecule has 3 aromatic rings. The summed E-state index contributed by atoms with van der Waals surface area (Å²) < 4.78 is 5.23. The van der Waals surface area contributed by atoms with Gasteiger partial charge in [-0.25, -0.2) is 10.2 Å². The lowest BCUT2D eigenvalue weighted by Gasteiger charge is -2.12. The van der Waals surface area contributed by atoms with Crippen LogP contribution in [0.25, 0.3) is 0 Å². The van der Waals surface area contributed by atoms with Crippen LogP contribution < -0.4 is 15.1 Å². The Morgan fingerprint density at radius 3 is 2.39 bits per heavy atom. The lowest BCUT2D eigenvalue weighted by Crippen LogP contribution is -2.18. The van der Waals surface area contributed by atoms with Gasteiger partial charge in [0.05, 0.1) is 16.7 Å². The van der Waals surface area contributed by atoms with Gasteiger partial charge in [-0.05, 0) is 55.5 Å². The van der Waals surface area contributed by atoms with Crippen molar-refractivity contribution in [1.29, 1.82) is 0 Å². The molecular formula is C24H22N4O5. The van der Waals surface area contributed by atoms with Crippen LogP contribution >= 0.6 is 0 Å². The van der Waals surface area contributed by atoms with Crippen LogP contribution in [0, 0.1) is 17.0 Å². The molecule has 0 aliphatic carbocycles. The van der Waals surface area contributed by atoms with E-state index in [4.69, 9.17) is 4.74 Å². The number of hydrazone groups is 1. The highest BCUT2D eigenvalue weighted by Crippen LogP contribution is 2.28. The number of nitro benzene ring substituents is 1. The average molecular weight is 446 g/mol. The highest BCUT2D eigenvalue weighted by Gasteiger charge is 2.19. The molecule has 9 nitrogen and oxygen atoms in total. The maximum absolute atomic E-state index is 12.3. The minimum absolute atomic E-state index is 0.186. The Hall–Kier alpha value is -4.53. The fourth-order valence-electron chi connectivity index (χ4n) is 2.92. The van der Waals surface area contributed by atoms with Gasteiger partial charge >= 0.3 is 11.7 Å².